The van der Waals surface area contributed by atoms with Crippen LogP contribution in [0.3, 0.4) is 0 Å². The van der Waals surface area contributed by atoms with Gasteiger partial charge in [-0.15, -0.1) is 0 Å². The van der Waals surface area contributed by atoms with Crippen LogP contribution in [-0.2, 0) is 0 Å². The van der Waals surface area contributed by atoms with Crippen LogP contribution in [0.4, 0.5) is 4.39 Å². The fourth-order valence-electron chi connectivity index (χ4n) is 1.53. The molecule has 2 rings (SSSR count). The van der Waals surface area contributed by atoms with Crippen molar-refractivity contribution in [3.05, 3.63) is 59.4 Å². The van der Waals surface area contributed by atoms with Gasteiger partial charge in [-0.3, -0.25) is 0 Å². The van der Waals surface area contributed by atoms with E-state index >= 15 is 0 Å². The van der Waals surface area contributed by atoms with Gasteiger partial charge in [0.05, 0.1) is 11.6 Å². The van der Waals surface area contributed by atoms with Crippen molar-refractivity contribution in [2.24, 2.45) is 0 Å². The molecule has 0 atom stereocenters. The van der Waals surface area contributed by atoms with Gasteiger partial charge in [0.15, 0.2) is 11.6 Å². The van der Waals surface area contributed by atoms with Crippen LogP contribution in [0.1, 0.15) is 15.9 Å². The van der Waals surface area contributed by atoms with E-state index in [4.69, 9.17) is 15.1 Å². The average molecular weight is 257 g/mol. The first kappa shape index (κ1) is 12.6. The Morgan fingerprint density at radius 1 is 1.26 bits per heavy atom. The lowest BCUT2D eigenvalue weighted by Gasteiger charge is -2.09. The van der Waals surface area contributed by atoms with Crippen LogP contribution >= 0.6 is 0 Å². The summed E-state index contributed by atoms with van der Waals surface area (Å²) in [6, 6.07) is 11.6. The molecule has 19 heavy (non-hydrogen) atoms. The first-order valence-corrected chi connectivity index (χ1v) is 5.31. The number of nitriles is 1. The lowest BCUT2D eigenvalue weighted by atomic mass is 10.2. The standard InChI is InChI=1S/C14H8FNO3/c15-12-6-2-5-11(14(17)18)13(12)19-10-4-1-3-9(7-10)8-16/h1-7H,(H,17,18). The lowest BCUT2D eigenvalue weighted by Crippen LogP contribution is -2.02. The highest BCUT2D eigenvalue weighted by atomic mass is 19.1. The predicted molar refractivity (Wildman–Crippen MR) is 64.6 cm³/mol. The van der Waals surface area contributed by atoms with Crippen molar-refractivity contribution in [2.45, 2.75) is 0 Å². The van der Waals surface area contributed by atoms with Gasteiger partial charge < -0.3 is 9.84 Å². The number of para-hydroxylation sites is 1. The number of benzene rings is 2. The number of hydrogen-bond donors (Lipinski definition) is 1. The van der Waals surface area contributed by atoms with E-state index in [0.717, 1.165) is 6.07 Å². The molecule has 94 valence electrons. The second-order valence-corrected chi connectivity index (χ2v) is 3.66. The fourth-order valence-corrected chi connectivity index (χ4v) is 1.53. The van der Waals surface area contributed by atoms with Gasteiger partial charge in [0.2, 0.25) is 0 Å². The van der Waals surface area contributed by atoms with E-state index < -0.39 is 11.8 Å². The van der Waals surface area contributed by atoms with Crippen molar-refractivity contribution in [3.63, 3.8) is 0 Å². The second kappa shape index (κ2) is 5.19. The number of carbonyl (C=O) groups is 1. The highest BCUT2D eigenvalue weighted by molar-refractivity contribution is 5.91. The second-order valence-electron chi connectivity index (χ2n) is 3.66. The average Bonchev–Trinajstić information content (AvgIpc) is 2.41. The molecule has 0 heterocycles. The Morgan fingerprint density at radius 3 is 2.68 bits per heavy atom. The molecule has 4 nitrogen and oxygen atoms in total. The zero-order valence-electron chi connectivity index (χ0n) is 9.63. The quantitative estimate of drug-likeness (QED) is 0.916. The molecule has 0 spiro atoms. The largest absolute Gasteiger partial charge is 0.478 e. The van der Waals surface area contributed by atoms with Crippen molar-refractivity contribution in [2.75, 3.05) is 0 Å². The maximum absolute atomic E-state index is 13.6. The molecule has 0 aliphatic carbocycles. The molecule has 2 aromatic carbocycles. The number of nitrogens with zero attached hydrogens (tertiary/aromatic N) is 1. The van der Waals surface area contributed by atoms with Crippen molar-refractivity contribution < 1.29 is 19.0 Å². The highest BCUT2D eigenvalue weighted by Gasteiger charge is 2.16. The van der Waals surface area contributed by atoms with Gasteiger partial charge in [-0.1, -0.05) is 12.1 Å². The van der Waals surface area contributed by atoms with E-state index in [-0.39, 0.29) is 17.1 Å². The third-order valence-corrected chi connectivity index (χ3v) is 2.38. The monoisotopic (exact) mass is 257 g/mol. The number of aromatic carboxylic acids is 1. The Labute approximate surface area is 108 Å². The van der Waals surface area contributed by atoms with Gasteiger partial charge in [0.1, 0.15) is 11.3 Å². The molecule has 0 saturated heterocycles. The van der Waals surface area contributed by atoms with Crippen LogP contribution in [0.25, 0.3) is 0 Å². The molecular formula is C14H8FNO3. The van der Waals surface area contributed by atoms with Gasteiger partial charge in [-0.2, -0.15) is 5.26 Å². The third-order valence-electron chi connectivity index (χ3n) is 2.38. The van der Waals surface area contributed by atoms with Crippen LogP contribution in [0, 0.1) is 17.1 Å². The van der Waals surface area contributed by atoms with Crippen LogP contribution in [0.15, 0.2) is 42.5 Å². The summed E-state index contributed by atoms with van der Waals surface area (Å²) in [6.07, 6.45) is 0. The Kier molecular flexibility index (Phi) is 3.44. The maximum atomic E-state index is 13.6. The molecule has 0 saturated carbocycles. The number of carboxylic acids is 1. The highest BCUT2D eigenvalue weighted by Crippen LogP contribution is 2.28. The minimum Gasteiger partial charge on any atom is -0.478 e. The van der Waals surface area contributed by atoms with Crippen molar-refractivity contribution in [1.29, 1.82) is 5.26 Å². The smallest absolute Gasteiger partial charge is 0.339 e. The molecular weight excluding hydrogens is 249 g/mol. The summed E-state index contributed by atoms with van der Waals surface area (Å²) in [6.45, 7) is 0. The molecule has 1 N–H and O–H groups in total. The minimum absolute atomic E-state index is 0.201. The van der Waals surface area contributed by atoms with E-state index in [9.17, 15) is 9.18 Å². The summed E-state index contributed by atoms with van der Waals surface area (Å²) >= 11 is 0. The topological polar surface area (TPSA) is 70.3 Å². The zero-order chi connectivity index (χ0) is 13.8. The predicted octanol–water partition coefficient (Wildman–Crippen LogP) is 3.19. The molecule has 2 aromatic rings. The Balaban J connectivity index is 2.43. The fraction of sp³-hybridized carbons (Fsp3) is 0. The molecule has 0 unspecified atom stereocenters. The molecule has 0 aliphatic rings. The molecule has 0 aliphatic heterocycles. The van der Waals surface area contributed by atoms with Crippen molar-refractivity contribution in [3.8, 4) is 17.6 Å². The molecule has 0 aromatic heterocycles. The van der Waals surface area contributed by atoms with E-state index in [1.54, 1.807) is 12.1 Å². The van der Waals surface area contributed by atoms with E-state index in [1.807, 2.05) is 6.07 Å². The minimum atomic E-state index is -1.29. The molecule has 0 amide bonds. The molecule has 5 heteroatoms. The summed E-state index contributed by atoms with van der Waals surface area (Å²) < 4.78 is 18.9. The number of hydrogen-bond acceptors (Lipinski definition) is 3. The summed E-state index contributed by atoms with van der Waals surface area (Å²) in [5, 5.41) is 17.7. The van der Waals surface area contributed by atoms with Gasteiger partial charge in [-0.05, 0) is 30.3 Å². The van der Waals surface area contributed by atoms with Crippen LogP contribution in [0.5, 0.6) is 11.5 Å². The summed E-state index contributed by atoms with van der Waals surface area (Å²) in [4.78, 5) is 11.0. The summed E-state index contributed by atoms with van der Waals surface area (Å²) in [5.41, 5.74) is 0.0630. The summed E-state index contributed by atoms with van der Waals surface area (Å²) in [7, 11) is 0. The maximum Gasteiger partial charge on any atom is 0.339 e. The van der Waals surface area contributed by atoms with Crippen molar-refractivity contribution in [1.82, 2.24) is 0 Å². The van der Waals surface area contributed by atoms with Gasteiger partial charge in [0.25, 0.3) is 0 Å². The lowest BCUT2D eigenvalue weighted by molar-refractivity contribution is 0.0693. The zero-order valence-corrected chi connectivity index (χ0v) is 9.63. The van der Waals surface area contributed by atoms with Crippen LogP contribution in [-0.4, -0.2) is 11.1 Å². The van der Waals surface area contributed by atoms with Gasteiger partial charge >= 0.3 is 5.97 Å². The number of halogens is 1. The Hall–Kier alpha value is -2.87. The van der Waals surface area contributed by atoms with Crippen LogP contribution in [0.2, 0.25) is 0 Å². The third kappa shape index (κ3) is 2.69. The Morgan fingerprint density at radius 2 is 2.00 bits per heavy atom. The normalized spacial score (nSPS) is 9.68. The number of rotatable bonds is 3. The molecule has 0 radical (unpaired) electrons. The Bertz CT molecular complexity index is 677. The van der Waals surface area contributed by atoms with Gasteiger partial charge in [0, 0.05) is 0 Å². The SMILES string of the molecule is N#Cc1cccc(Oc2c(F)cccc2C(=O)O)c1. The molecule has 0 bridgehead atoms. The number of ether oxygens (including phenoxy) is 1. The van der Waals surface area contributed by atoms with E-state index in [1.165, 1.54) is 24.3 Å². The molecule has 0 fully saturated rings. The van der Waals surface area contributed by atoms with Crippen LogP contribution < -0.4 is 4.74 Å². The first-order valence-electron chi connectivity index (χ1n) is 5.31. The number of carboxylic acid groups (broad SMARTS) is 1. The summed E-state index contributed by atoms with van der Waals surface area (Å²) in [5.74, 6) is -2.23. The van der Waals surface area contributed by atoms with Crippen molar-refractivity contribution >= 4 is 5.97 Å². The van der Waals surface area contributed by atoms with E-state index in [0.29, 0.717) is 5.56 Å². The van der Waals surface area contributed by atoms with E-state index in [2.05, 4.69) is 0 Å². The first-order chi connectivity index (χ1) is 9.11. The van der Waals surface area contributed by atoms with Gasteiger partial charge in [-0.25, -0.2) is 9.18 Å².